The topological polar surface area (TPSA) is 44.5 Å². The molecule has 0 atom stereocenters. The molecule has 0 amide bonds. The zero-order valence-electron chi connectivity index (χ0n) is 9.19. The van der Waals surface area contributed by atoms with Gasteiger partial charge in [-0.05, 0) is 37.5 Å². The lowest BCUT2D eigenvalue weighted by atomic mass is 9.90. The average molecular weight is 207 g/mol. The number of aryl methyl sites for hydroxylation is 1. The van der Waals surface area contributed by atoms with E-state index in [-0.39, 0.29) is 6.10 Å². The molecule has 0 aliphatic heterocycles. The first-order chi connectivity index (χ1) is 7.19. The quantitative estimate of drug-likeness (QED) is 0.823. The van der Waals surface area contributed by atoms with E-state index in [0.29, 0.717) is 6.04 Å². The first-order valence-corrected chi connectivity index (χ1v) is 5.26. The van der Waals surface area contributed by atoms with Crippen molar-refractivity contribution in [2.24, 2.45) is 5.73 Å². The van der Waals surface area contributed by atoms with Gasteiger partial charge in [0.05, 0.1) is 7.11 Å². The van der Waals surface area contributed by atoms with Gasteiger partial charge in [0.25, 0.3) is 0 Å². The zero-order valence-corrected chi connectivity index (χ0v) is 9.19. The molecule has 0 aromatic heterocycles. The maximum Gasteiger partial charge on any atom is 0.161 e. The van der Waals surface area contributed by atoms with Crippen molar-refractivity contribution >= 4 is 0 Å². The molecule has 0 unspecified atom stereocenters. The van der Waals surface area contributed by atoms with Crippen molar-refractivity contribution in [3.8, 4) is 11.5 Å². The fraction of sp³-hybridized carbons (Fsp3) is 0.500. The van der Waals surface area contributed by atoms with Crippen LogP contribution in [0.1, 0.15) is 18.4 Å². The Morgan fingerprint density at radius 3 is 2.60 bits per heavy atom. The summed E-state index contributed by atoms with van der Waals surface area (Å²) in [4.78, 5) is 0. The molecule has 1 saturated carbocycles. The molecule has 2 rings (SSSR count). The summed E-state index contributed by atoms with van der Waals surface area (Å²) in [6.45, 7) is 2.03. The summed E-state index contributed by atoms with van der Waals surface area (Å²) in [5.74, 6) is 1.62. The molecule has 0 bridgehead atoms. The van der Waals surface area contributed by atoms with E-state index in [4.69, 9.17) is 15.2 Å². The van der Waals surface area contributed by atoms with Gasteiger partial charge in [0, 0.05) is 6.04 Å². The second kappa shape index (κ2) is 4.11. The maximum atomic E-state index is 5.79. The number of nitrogens with two attached hydrogens (primary N) is 1. The summed E-state index contributed by atoms with van der Waals surface area (Å²) in [5, 5.41) is 0. The first kappa shape index (κ1) is 10.3. The summed E-state index contributed by atoms with van der Waals surface area (Å²) < 4.78 is 11.1. The maximum absolute atomic E-state index is 5.79. The molecule has 1 fully saturated rings. The smallest absolute Gasteiger partial charge is 0.161 e. The third-order valence-corrected chi connectivity index (χ3v) is 2.74. The van der Waals surface area contributed by atoms with Gasteiger partial charge in [-0.2, -0.15) is 0 Å². The summed E-state index contributed by atoms with van der Waals surface area (Å²) in [6, 6.07) is 6.27. The predicted molar refractivity (Wildman–Crippen MR) is 59.4 cm³/mol. The fourth-order valence-corrected chi connectivity index (χ4v) is 1.75. The van der Waals surface area contributed by atoms with E-state index in [1.165, 1.54) is 5.56 Å². The van der Waals surface area contributed by atoms with Crippen molar-refractivity contribution in [3.05, 3.63) is 23.8 Å². The van der Waals surface area contributed by atoms with E-state index >= 15 is 0 Å². The Labute approximate surface area is 90.2 Å². The lowest BCUT2D eigenvalue weighted by Crippen LogP contribution is -2.43. The minimum atomic E-state index is 0.261. The highest BCUT2D eigenvalue weighted by Gasteiger charge is 2.28. The second-order valence-corrected chi connectivity index (χ2v) is 4.13. The third kappa shape index (κ3) is 2.23. The summed E-state index contributed by atoms with van der Waals surface area (Å²) in [5.41, 5.74) is 6.88. The number of benzene rings is 1. The van der Waals surface area contributed by atoms with E-state index in [2.05, 4.69) is 0 Å². The normalized spacial score (nSPS) is 24.5. The molecule has 82 valence electrons. The second-order valence-electron chi connectivity index (χ2n) is 4.13. The van der Waals surface area contributed by atoms with Gasteiger partial charge < -0.3 is 15.2 Å². The molecule has 2 N–H and O–H groups in total. The molecule has 0 spiro atoms. The predicted octanol–water partition coefficient (Wildman–Crippen LogP) is 1.87. The Morgan fingerprint density at radius 1 is 1.27 bits per heavy atom. The van der Waals surface area contributed by atoms with Crippen LogP contribution in [0.5, 0.6) is 11.5 Å². The Kier molecular flexibility index (Phi) is 2.82. The zero-order chi connectivity index (χ0) is 10.8. The van der Waals surface area contributed by atoms with Gasteiger partial charge in [-0.1, -0.05) is 6.07 Å². The van der Waals surface area contributed by atoms with Gasteiger partial charge in [0.2, 0.25) is 0 Å². The molecule has 3 nitrogen and oxygen atoms in total. The number of hydrogen-bond acceptors (Lipinski definition) is 3. The fourth-order valence-electron chi connectivity index (χ4n) is 1.75. The third-order valence-electron chi connectivity index (χ3n) is 2.74. The molecule has 3 heteroatoms. The Morgan fingerprint density at radius 2 is 2.00 bits per heavy atom. The van der Waals surface area contributed by atoms with E-state index < -0.39 is 0 Å². The molecule has 1 aliphatic carbocycles. The molecule has 15 heavy (non-hydrogen) atoms. The van der Waals surface area contributed by atoms with Crippen molar-refractivity contribution in [1.29, 1.82) is 0 Å². The van der Waals surface area contributed by atoms with Crippen LogP contribution in [0.2, 0.25) is 0 Å². The van der Waals surface area contributed by atoms with Crippen LogP contribution in [0.4, 0.5) is 0 Å². The Balaban J connectivity index is 2.07. The van der Waals surface area contributed by atoms with E-state index in [1.807, 2.05) is 25.1 Å². The van der Waals surface area contributed by atoms with Crippen LogP contribution >= 0.6 is 0 Å². The van der Waals surface area contributed by atoms with Crippen molar-refractivity contribution in [1.82, 2.24) is 0 Å². The number of hydrogen-bond donors (Lipinski definition) is 1. The van der Waals surface area contributed by atoms with Crippen LogP contribution in [-0.4, -0.2) is 19.3 Å². The molecule has 1 aromatic carbocycles. The van der Waals surface area contributed by atoms with Gasteiger partial charge in [-0.15, -0.1) is 0 Å². The Bertz CT molecular complexity index is 345. The summed E-state index contributed by atoms with van der Waals surface area (Å²) in [6.07, 6.45) is 2.14. The Hall–Kier alpha value is -1.22. The first-order valence-electron chi connectivity index (χ1n) is 5.26. The highest BCUT2D eigenvalue weighted by Crippen LogP contribution is 2.32. The monoisotopic (exact) mass is 207 g/mol. The standard InChI is InChI=1S/C12H17NO2/c1-8-3-4-11(12(5-8)14-2)15-10-6-9(13)7-10/h3-5,9-10H,6-7,13H2,1-2H3. The van der Waals surface area contributed by atoms with Crippen LogP contribution in [0.3, 0.4) is 0 Å². The minimum absolute atomic E-state index is 0.261. The highest BCUT2D eigenvalue weighted by molar-refractivity contribution is 5.42. The van der Waals surface area contributed by atoms with Crippen LogP contribution in [0.25, 0.3) is 0 Å². The van der Waals surface area contributed by atoms with E-state index in [9.17, 15) is 0 Å². The van der Waals surface area contributed by atoms with Crippen molar-refractivity contribution in [2.75, 3.05) is 7.11 Å². The summed E-state index contributed by atoms with van der Waals surface area (Å²) >= 11 is 0. The average Bonchev–Trinajstić information content (AvgIpc) is 2.18. The number of ether oxygens (including phenoxy) is 2. The van der Waals surface area contributed by atoms with E-state index in [1.54, 1.807) is 7.11 Å². The van der Waals surface area contributed by atoms with E-state index in [0.717, 1.165) is 24.3 Å². The lowest BCUT2D eigenvalue weighted by Gasteiger charge is -2.32. The minimum Gasteiger partial charge on any atom is -0.493 e. The highest BCUT2D eigenvalue weighted by atomic mass is 16.5. The molecule has 0 radical (unpaired) electrons. The van der Waals surface area contributed by atoms with Crippen molar-refractivity contribution < 1.29 is 9.47 Å². The SMILES string of the molecule is COc1cc(C)ccc1OC1CC(N)C1. The van der Waals surface area contributed by atoms with Gasteiger partial charge in [-0.3, -0.25) is 0 Å². The van der Waals surface area contributed by atoms with Gasteiger partial charge in [0.15, 0.2) is 11.5 Å². The molecular formula is C12H17NO2. The van der Waals surface area contributed by atoms with Gasteiger partial charge in [-0.25, -0.2) is 0 Å². The molecule has 1 aromatic rings. The van der Waals surface area contributed by atoms with Gasteiger partial charge >= 0.3 is 0 Å². The molecule has 0 heterocycles. The molecular weight excluding hydrogens is 190 g/mol. The molecule has 1 aliphatic rings. The van der Waals surface area contributed by atoms with Crippen molar-refractivity contribution in [3.63, 3.8) is 0 Å². The number of rotatable bonds is 3. The van der Waals surface area contributed by atoms with Gasteiger partial charge in [0.1, 0.15) is 6.10 Å². The number of methoxy groups -OCH3 is 1. The van der Waals surface area contributed by atoms with Crippen LogP contribution in [0.15, 0.2) is 18.2 Å². The molecule has 0 saturated heterocycles. The largest absolute Gasteiger partial charge is 0.493 e. The van der Waals surface area contributed by atoms with Crippen LogP contribution in [-0.2, 0) is 0 Å². The van der Waals surface area contributed by atoms with Crippen molar-refractivity contribution in [2.45, 2.75) is 31.9 Å². The van der Waals surface area contributed by atoms with Crippen LogP contribution < -0.4 is 15.2 Å². The van der Waals surface area contributed by atoms with Crippen LogP contribution in [0, 0.1) is 6.92 Å². The summed E-state index contributed by atoms with van der Waals surface area (Å²) in [7, 11) is 1.66. The lowest BCUT2D eigenvalue weighted by molar-refractivity contribution is 0.0973.